The summed E-state index contributed by atoms with van der Waals surface area (Å²) < 4.78 is 0. The number of benzene rings is 1. The van der Waals surface area contributed by atoms with E-state index in [0.717, 1.165) is 5.56 Å². The number of carbonyl (C=O) groups is 2. The number of amides is 2. The van der Waals surface area contributed by atoms with Gasteiger partial charge in [0.2, 0.25) is 0 Å². The predicted molar refractivity (Wildman–Crippen MR) is 73.0 cm³/mol. The summed E-state index contributed by atoms with van der Waals surface area (Å²) in [7, 11) is 0. The van der Waals surface area contributed by atoms with Crippen molar-refractivity contribution in [3.8, 4) is 0 Å². The molecule has 0 aliphatic carbocycles. The third-order valence-corrected chi connectivity index (χ3v) is 2.82. The monoisotopic (exact) mass is 264 g/mol. The van der Waals surface area contributed by atoms with Crippen molar-refractivity contribution in [2.75, 3.05) is 0 Å². The van der Waals surface area contributed by atoms with E-state index in [1.807, 2.05) is 24.3 Å². The Hall–Kier alpha value is -2.04. The van der Waals surface area contributed by atoms with Crippen molar-refractivity contribution in [3.05, 3.63) is 35.4 Å². The molecule has 104 valence electrons. The average molecular weight is 264 g/mol. The van der Waals surface area contributed by atoms with Gasteiger partial charge < -0.3 is 15.7 Å². The van der Waals surface area contributed by atoms with Gasteiger partial charge in [0, 0.05) is 6.54 Å². The molecule has 19 heavy (non-hydrogen) atoms. The molecule has 0 saturated heterocycles. The molecule has 0 fully saturated rings. The van der Waals surface area contributed by atoms with Crippen molar-refractivity contribution in [1.29, 1.82) is 0 Å². The van der Waals surface area contributed by atoms with E-state index in [1.54, 1.807) is 0 Å². The predicted octanol–water partition coefficient (Wildman–Crippen LogP) is 2.08. The molecule has 1 aromatic carbocycles. The fourth-order valence-corrected chi connectivity index (χ4v) is 1.51. The minimum absolute atomic E-state index is 0.372. The molecule has 3 N–H and O–H groups in total. The molecule has 5 heteroatoms. The molecular formula is C14H20N2O3. The zero-order valence-corrected chi connectivity index (χ0v) is 11.4. The lowest BCUT2D eigenvalue weighted by molar-refractivity contribution is -0.138. The van der Waals surface area contributed by atoms with E-state index in [1.165, 1.54) is 12.5 Å². The van der Waals surface area contributed by atoms with Crippen molar-refractivity contribution < 1.29 is 14.7 Å². The molecule has 1 aromatic rings. The second-order valence-corrected chi connectivity index (χ2v) is 4.78. The topological polar surface area (TPSA) is 78.4 Å². The average Bonchev–Trinajstić information content (AvgIpc) is 2.36. The van der Waals surface area contributed by atoms with Gasteiger partial charge in [0.1, 0.15) is 6.04 Å². The van der Waals surface area contributed by atoms with Gasteiger partial charge in [-0.1, -0.05) is 38.1 Å². The third-order valence-electron chi connectivity index (χ3n) is 2.82. The molecular weight excluding hydrogens is 244 g/mol. The van der Waals surface area contributed by atoms with Gasteiger partial charge in [0.05, 0.1) is 0 Å². The lowest BCUT2D eigenvalue weighted by Crippen LogP contribution is -2.44. The number of carbonyl (C=O) groups excluding carboxylic acids is 1. The van der Waals surface area contributed by atoms with Gasteiger partial charge in [-0.2, -0.15) is 0 Å². The zero-order chi connectivity index (χ0) is 14.4. The minimum atomic E-state index is -1.06. The first-order valence-electron chi connectivity index (χ1n) is 6.26. The van der Waals surface area contributed by atoms with E-state index >= 15 is 0 Å². The van der Waals surface area contributed by atoms with Crippen LogP contribution in [0.2, 0.25) is 0 Å². The number of hydrogen-bond donors (Lipinski definition) is 3. The quantitative estimate of drug-likeness (QED) is 0.762. The Kier molecular flexibility index (Phi) is 5.36. The molecule has 0 aromatic heterocycles. The Labute approximate surface area is 113 Å². The molecule has 0 aliphatic heterocycles. The molecule has 0 radical (unpaired) electrons. The summed E-state index contributed by atoms with van der Waals surface area (Å²) in [4.78, 5) is 22.0. The van der Waals surface area contributed by atoms with Crippen molar-refractivity contribution in [2.24, 2.45) is 0 Å². The minimum Gasteiger partial charge on any atom is -0.480 e. The second-order valence-electron chi connectivity index (χ2n) is 4.78. The summed E-state index contributed by atoms with van der Waals surface area (Å²) in [5.41, 5.74) is 2.22. The van der Waals surface area contributed by atoms with Crippen LogP contribution in [0.15, 0.2) is 24.3 Å². The molecule has 0 saturated carbocycles. The number of hydrogen-bond acceptors (Lipinski definition) is 2. The summed E-state index contributed by atoms with van der Waals surface area (Å²) in [6.45, 7) is 6.03. The summed E-state index contributed by atoms with van der Waals surface area (Å²) in [5.74, 6) is -0.585. The highest BCUT2D eigenvalue weighted by molar-refractivity contribution is 5.82. The molecule has 0 aliphatic rings. The Morgan fingerprint density at radius 3 is 2.21 bits per heavy atom. The second kappa shape index (κ2) is 6.78. The smallest absolute Gasteiger partial charge is 0.325 e. The number of nitrogens with one attached hydrogen (secondary N) is 2. The number of urea groups is 1. The highest BCUT2D eigenvalue weighted by atomic mass is 16.4. The van der Waals surface area contributed by atoms with Crippen LogP contribution < -0.4 is 10.6 Å². The Morgan fingerprint density at radius 1 is 1.16 bits per heavy atom. The molecule has 0 spiro atoms. The summed E-state index contributed by atoms with van der Waals surface area (Å²) in [5, 5.41) is 13.6. The van der Waals surface area contributed by atoms with Gasteiger partial charge in [-0.3, -0.25) is 4.79 Å². The fraction of sp³-hybridized carbons (Fsp3) is 0.429. The molecule has 0 bridgehead atoms. The lowest BCUT2D eigenvalue weighted by atomic mass is 10.0. The molecule has 5 nitrogen and oxygen atoms in total. The van der Waals surface area contributed by atoms with E-state index < -0.39 is 18.0 Å². The zero-order valence-electron chi connectivity index (χ0n) is 11.4. The van der Waals surface area contributed by atoms with E-state index in [9.17, 15) is 9.59 Å². The standard InChI is InChI=1S/C14H20N2O3/c1-9(2)12-6-4-11(5-7-12)8-15-14(19)16-10(3)13(17)18/h4-7,9-10H,8H2,1-3H3,(H,17,18)(H2,15,16,19). The maximum Gasteiger partial charge on any atom is 0.325 e. The number of aliphatic carboxylic acids is 1. The molecule has 1 atom stereocenters. The Bertz CT molecular complexity index is 441. The number of rotatable bonds is 5. The normalized spacial score (nSPS) is 12.0. The van der Waals surface area contributed by atoms with E-state index in [2.05, 4.69) is 24.5 Å². The molecule has 1 unspecified atom stereocenters. The van der Waals surface area contributed by atoms with Crippen LogP contribution in [-0.4, -0.2) is 23.1 Å². The maximum absolute atomic E-state index is 11.4. The van der Waals surface area contributed by atoms with Crippen LogP contribution in [0.5, 0.6) is 0 Å². The van der Waals surface area contributed by atoms with Crippen LogP contribution in [0.25, 0.3) is 0 Å². The first-order valence-corrected chi connectivity index (χ1v) is 6.26. The Balaban J connectivity index is 2.44. The van der Waals surface area contributed by atoms with Crippen LogP contribution in [0.1, 0.15) is 37.8 Å². The first-order chi connectivity index (χ1) is 8.90. The summed E-state index contributed by atoms with van der Waals surface area (Å²) in [6.07, 6.45) is 0. The number of carboxylic acids is 1. The van der Waals surface area contributed by atoms with Crippen molar-refractivity contribution in [3.63, 3.8) is 0 Å². The van der Waals surface area contributed by atoms with Gasteiger partial charge in [-0.25, -0.2) is 4.79 Å². The lowest BCUT2D eigenvalue weighted by Gasteiger charge is -2.11. The van der Waals surface area contributed by atoms with Gasteiger partial charge in [0.15, 0.2) is 0 Å². The van der Waals surface area contributed by atoms with Gasteiger partial charge >= 0.3 is 12.0 Å². The molecule has 1 rings (SSSR count). The SMILES string of the molecule is CC(NC(=O)NCc1ccc(C(C)C)cc1)C(=O)O. The highest BCUT2D eigenvalue weighted by Gasteiger charge is 2.13. The van der Waals surface area contributed by atoms with Crippen LogP contribution in [-0.2, 0) is 11.3 Å². The van der Waals surface area contributed by atoms with Crippen LogP contribution in [0.4, 0.5) is 4.79 Å². The van der Waals surface area contributed by atoms with Gasteiger partial charge in [0.25, 0.3) is 0 Å². The van der Waals surface area contributed by atoms with Gasteiger partial charge in [-0.15, -0.1) is 0 Å². The van der Waals surface area contributed by atoms with E-state index in [0.29, 0.717) is 12.5 Å². The maximum atomic E-state index is 11.4. The van der Waals surface area contributed by atoms with E-state index in [-0.39, 0.29) is 0 Å². The third kappa shape index (κ3) is 4.99. The van der Waals surface area contributed by atoms with Crippen molar-refractivity contribution >= 4 is 12.0 Å². The van der Waals surface area contributed by atoms with Crippen molar-refractivity contribution in [1.82, 2.24) is 10.6 Å². The highest BCUT2D eigenvalue weighted by Crippen LogP contribution is 2.14. The van der Waals surface area contributed by atoms with Gasteiger partial charge in [-0.05, 0) is 24.0 Å². The first kappa shape index (κ1) is 15.0. The molecule has 2 amide bonds. The summed E-state index contributed by atoms with van der Waals surface area (Å²) in [6, 6.07) is 6.58. The van der Waals surface area contributed by atoms with Crippen molar-refractivity contribution in [2.45, 2.75) is 39.3 Å². The van der Waals surface area contributed by atoms with Crippen LogP contribution >= 0.6 is 0 Å². The Morgan fingerprint density at radius 2 is 1.74 bits per heavy atom. The molecule has 0 heterocycles. The fourth-order valence-electron chi connectivity index (χ4n) is 1.51. The number of carboxylic acid groups (broad SMARTS) is 1. The largest absolute Gasteiger partial charge is 0.480 e. The van der Waals surface area contributed by atoms with E-state index in [4.69, 9.17) is 5.11 Å². The van der Waals surface area contributed by atoms with Crippen LogP contribution in [0.3, 0.4) is 0 Å². The summed E-state index contributed by atoms with van der Waals surface area (Å²) >= 11 is 0. The van der Waals surface area contributed by atoms with Crippen LogP contribution in [0, 0.1) is 0 Å².